The van der Waals surface area contributed by atoms with Crippen LogP contribution in [0.15, 0.2) is 67.0 Å². The van der Waals surface area contributed by atoms with Crippen molar-refractivity contribution in [1.82, 2.24) is 24.8 Å². The summed E-state index contributed by atoms with van der Waals surface area (Å²) in [4.78, 5) is 25.4. The highest BCUT2D eigenvalue weighted by Crippen LogP contribution is 2.35. The minimum absolute atomic E-state index is 0.151. The molecule has 0 atom stereocenters. The number of imidazole rings is 1. The van der Waals surface area contributed by atoms with Crippen molar-refractivity contribution in [3.8, 4) is 22.5 Å². The van der Waals surface area contributed by atoms with E-state index in [1.54, 1.807) is 12.1 Å². The minimum atomic E-state index is -0.380. The first kappa shape index (κ1) is 21.6. The van der Waals surface area contributed by atoms with Gasteiger partial charge in [-0.15, -0.1) is 0 Å². The summed E-state index contributed by atoms with van der Waals surface area (Å²) >= 11 is 0. The van der Waals surface area contributed by atoms with Gasteiger partial charge in [-0.1, -0.05) is 36.2 Å². The number of carbonyl (C=O) groups is 1. The van der Waals surface area contributed by atoms with Crippen molar-refractivity contribution >= 4 is 33.8 Å². The molecule has 0 aliphatic rings. The Morgan fingerprint density at radius 3 is 2.62 bits per heavy atom. The van der Waals surface area contributed by atoms with Gasteiger partial charge in [-0.3, -0.25) is 4.79 Å². The molecule has 1 amide bonds. The van der Waals surface area contributed by atoms with Gasteiger partial charge < -0.3 is 20.3 Å². The number of pyridine rings is 1. The van der Waals surface area contributed by atoms with Crippen LogP contribution in [0.25, 0.3) is 50.0 Å². The number of amidine groups is 1. The fourth-order valence-electron chi connectivity index (χ4n) is 4.32. The molecular formula is C27H25N6O-. The highest BCUT2D eigenvalue weighted by Gasteiger charge is 2.25. The van der Waals surface area contributed by atoms with E-state index in [0.29, 0.717) is 17.0 Å². The smallest absolute Gasteiger partial charge is 0.176 e. The maximum Gasteiger partial charge on any atom is 0.176 e. The van der Waals surface area contributed by atoms with Gasteiger partial charge in [0, 0.05) is 40.0 Å². The van der Waals surface area contributed by atoms with E-state index < -0.39 is 0 Å². The van der Waals surface area contributed by atoms with Gasteiger partial charge in [-0.2, -0.15) is 0 Å². The molecule has 7 nitrogen and oxygen atoms in total. The number of carbonyl (C=O) groups excluding carboxylic acids is 1. The molecule has 0 unspecified atom stereocenters. The van der Waals surface area contributed by atoms with Crippen molar-refractivity contribution < 1.29 is 4.79 Å². The number of aromatic nitrogens is 4. The second-order valence-corrected chi connectivity index (χ2v) is 9.37. The van der Waals surface area contributed by atoms with Crippen molar-refractivity contribution in [2.75, 3.05) is 0 Å². The molecule has 0 fully saturated rings. The molecule has 2 N–H and O–H groups in total. The standard InChI is InChI=1S/C27H25N6O/c1-16(28)31-26(34)21-8-6-5-7-20(21)25-32-22-14-17(9-10-23(22)33(25)27(2,3)4)19-13-18-11-12-29-24(18)30-15-19/h5-15H,1-4H3,(H2-,28,29,30,31,34)/q-1. The van der Waals surface area contributed by atoms with Gasteiger partial charge in [0.1, 0.15) is 11.5 Å². The SMILES string of the molecule is CC(=[N-])NC(=O)c1ccccc1-c1nc2cc(-c3cnc4[nH]ccc4c3)ccc2n1C(C)(C)C. The third-order valence-corrected chi connectivity index (χ3v) is 5.77. The molecule has 3 aromatic heterocycles. The van der Waals surface area contributed by atoms with E-state index in [1.807, 2.05) is 30.6 Å². The topological polar surface area (TPSA) is 97.9 Å². The molecule has 0 bridgehead atoms. The molecule has 7 heteroatoms. The third-order valence-electron chi connectivity index (χ3n) is 5.77. The van der Waals surface area contributed by atoms with Crippen LogP contribution in [0, 0.1) is 0 Å². The first-order chi connectivity index (χ1) is 16.2. The average Bonchev–Trinajstić information content (AvgIpc) is 3.41. The summed E-state index contributed by atoms with van der Waals surface area (Å²) in [5.74, 6) is 0.164. The minimum Gasteiger partial charge on any atom is -0.469 e. The van der Waals surface area contributed by atoms with Gasteiger partial charge in [-0.25, -0.2) is 9.97 Å². The van der Waals surface area contributed by atoms with Crippen LogP contribution in [0.1, 0.15) is 38.1 Å². The molecule has 5 rings (SSSR count). The lowest BCUT2D eigenvalue weighted by Gasteiger charge is -2.25. The number of hydrogen-bond donors (Lipinski definition) is 2. The number of nitrogens with zero attached hydrogens (tertiary/aromatic N) is 4. The van der Waals surface area contributed by atoms with E-state index >= 15 is 0 Å². The Labute approximate surface area is 197 Å². The van der Waals surface area contributed by atoms with Crippen LogP contribution < -0.4 is 5.32 Å². The maximum atomic E-state index is 12.8. The molecule has 0 aliphatic heterocycles. The summed E-state index contributed by atoms with van der Waals surface area (Å²) in [7, 11) is 0. The van der Waals surface area contributed by atoms with Crippen LogP contribution in [0.4, 0.5) is 0 Å². The summed E-state index contributed by atoms with van der Waals surface area (Å²) in [6, 6.07) is 17.6. The lowest BCUT2D eigenvalue weighted by molar-refractivity contribution is 0.0977. The van der Waals surface area contributed by atoms with Gasteiger partial charge in [0.2, 0.25) is 0 Å². The van der Waals surface area contributed by atoms with E-state index in [9.17, 15) is 10.2 Å². The van der Waals surface area contributed by atoms with Crippen molar-refractivity contribution in [2.24, 2.45) is 0 Å². The monoisotopic (exact) mass is 449 g/mol. The predicted octanol–water partition coefficient (Wildman–Crippen LogP) is 5.72. The number of H-pyrrole nitrogens is 1. The molecule has 0 saturated heterocycles. The Morgan fingerprint density at radius 1 is 1.06 bits per heavy atom. The lowest BCUT2D eigenvalue weighted by atomic mass is 10.0. The first-order valence-corrected chi connectivity index (χ1v) is 11.1. The van der Waals surface area contributed by atoms with Gasteiger partial charge in [0.25, 0.3) is 0 Å². The first-order valence-electron chi connectivity index (χ1n) is 11.1. The molecule has 170 valence electrons. The molecule has 0 aliphatic carbocycles. The van der Waals surface area contributed by atoms with Crippen molar-refractivity contribution in [2.45, 2.75) is 33.2 Å². The molecule has 0 saturated carbocycles. The zero-order chi connectivity index (χ0) is 24.0. The number of amides is 1. The van der Waals surface area contributed by atoms with Gasteiger partial charge in [-0.05, 0) is 57.5 Å². The van der Waals surface area contributed by atoms with Crippen molar-refractivity contribution in [1.29, 1.82) is 0 Å². The van der Waals surface area contributed by atoms with E-state index in [2.05, 4.69) is 64.9 Å². The summed E-state index contributed by atoms with van der Waals surface area (Å²) in [6.45, 7) is 7.78. The van der Waals surface area contributed by atoms with Crippen molar-refractivity contribution in [3.05, 3.63) is 78.0 Å². The van der Waals surface area contributed by atoms with E-state index in [0.717, 1.165) is 33.2 Å². The molecule has 5 aromatic rings. The quantitative estimate of drug-likeness (QED) is 0.272. The summed E-state index contributed by atoms with van der Waals surface area (Å²) in [5, 5.41) is 13.1. The van der Waals surface area contributed by atoms with E-state index in [4.69, 9.17) is 4.98 Å². The number of fused-ring (bicyclic) bond motifs is 2. The Hall–Kier alpha value is -4.26. The summed E-state index contributed by atoms with van der Waals surface area (Å²) in [6.07, 6.45) is 3.74. The number of rotatable bonds is 3. The highest BCUT2D eigenvalue weighted by molar-refractivity contribution is 6.09. The van der Waals surface area contributed by atoms with Crippen LogP contribution in [-0.4, -0.2) is 31.3 Å². The molecule has 2 aromatic carbocycles. The lowest BCUT2D eigenvalue weighted by Crippen LogP contribution is -2.28. The maximum absolute atomic E-state index is 12.8. The van der Waals surface area contributed by atoms with Crippen molar-refractivity contribution in [3.63, 3.8) is 0 Å². The molecular weight excluding hydrogens is 424 g/mol. The van der Waals surface area contributed by atoms with Gasteiger partial charge >= 0.3 is 0 Å². The third kappa shape index (κ3) is 3.75. The summed E-state index contributed by atoms with van der Waals surface area (Å²) in [5.41, 5.74) is 5.54. The Kier molecular flexibility index (Phi) is 5.05. The molecule has 34 heavy (non-hydrogen) atoms. The van der Waals surface area contributed by atoms with Gasteiger partial charge in [0.05, 0.1) is 11.0 Å². The molecule has 0 spiro atoms. The fraction of sp³-hybridized carbons (Fsp3) is 0.185. The van der Waals surface area contributed by atoms with Crippen LogP contribution >= 0.6 is 0 Å². The zero-order valence-electron chi connectivity index (χ0n) is 19.5. The van der Waals surface area contributed by atoms with Crippen LogP contribution in [0.3, 0.4) is 0 Å². The van der Waals surface area contributed by atoms with Crippen LogP contribution in [-0.2, 0) is 5.54 Å². The largest absolute Gasteiger partial charge is 0.469 e. The highest BCUT2D eigenvalue weighted by atomic mass is 16.1. The second kappa shape index (κ2) is 7.95. The Bertz CT molecular complexity index is 1570. The number of aromatic amines is 1. The fourth-order valence-corrected chi connectivity index (χ4v) is 4.32. The zero-order valence-corrected chi connectivity index (χ0v) is 19.5. The van der Waals surface area contributed by atoms with Crippen LogP contribution in [0.2, 0.25) is 0 Å². The van der Waals surface area contributed by atoms with Crippen LogP contribution in [0.5, 0.6) is 0 Å². The Balaban J connectivity index is 1.70. The normalized spacial score (nSPS) is 11.8. The Morgan fingerprint density at radius 2 is 1.85 bits per heavy atom. The molecule has 3 heterocycles. The van der Waals surface area contributed by atoms with E-state index in [1.165, 1.54) is 6.92 Å². The van der Waals surface area contributed by atoms with E-state index in [-0.39, 0.29) is 17.3 Å². The number of hydrogen-bond acceptors (Lipinski definition) is 3. The molecule has 0 radical (unpaired) electrons. The number of nitrogens with one attached hydrogen (secondary N) is 2. The van der Waals surface area contributed by atoms with Gasteiger partial charge in [0.15, 0.2) is 5.91 Å². The summed E-state index contributed by atoms with van der Waals surface area (Å²) < 4.78 is 2.15. The second-order valence-electron chi connectivity index (χ2n) is 9.37. The number of benzene rings is 2. The average molecular weight is 450 g/mol. The predicted molar refractivity (Wildman–Crippen MR) is 137 cm³/mol.